The quantitative estimate of drug-likeness (QED) is 0.152. The van der Waals surface area contributed by atoms with Gasteiger partial charge in [0.25, 0.3) is 0 Å². The Kier molecular flexibility index (Phi) is 10.4. The molecule has 0 aromatic heterocycles. The monoisotopic (exact) mass is 491 g/mol. The molecule has 9 nitrogen and oxygen atoms in total. The maximum Gasteiger partial charge on any atom is 0.192 e. The van der Waals surface area contributed by atoms with Crippen LogP contribution >= 0.6 is 0 Å². The molecule has 2 N–H and O–H groups in total. The fraction of sp³-hybridized carbons (Fsp3) is 1.00. The van der Waals surface area contributed by atoms with Crippen LogP contribution < -0.4 is 0 Å². The molecule has 32 heavy (non-hydrogen) atoms. The summed E-state index contributed by atoms with van der Waals surface area (Å²) in [5.41, 5.74) is 8.41. The van der Waals surface area contributed by atoms with E-state index < -0.39 is 47.3 Å². The largest absolute Gasteiger partial charge is 0.414 e. The molecule has 188 valence electrons. The first-order valence-electron chi connectivity index (χ1n) is 11.4. The summed E-state index contributed by atoms with van der Waals surface area (Å²) in [5, 5.41) is 25.5. The Morgan fingerprint density at radius 2 is 1.53 bits per heavy atom. The summed E-state index contributed by atoms with van der Waals surface area (Å²) < 4.78 is 24.5. The average Bonchev–Trinajstić information content (AvgIpc) is 2.63. The minimum atomic E-state index is -2.29. The van der Waals surface area contributed by atoms with Crippen molar-refractivity contribution in [2.75, 3.05) is 19.8 Å². The van der Waals surface area contributed by atoms with Crippen molar-refractivity contribution < 1.29 is 28.5 Å². The number of nitrogens with zero attached hydrogens (tertiary/aromatic N) is 3. The summed E-state index contributed by atoms with van der Waals surface area (Å²) in [6.07, 6.45) is -4.20. The van der Waals surface area contributed by atoms with Gasteiger partial charge < -0.3 is 28.5 Å². The molecule has 5 atom stereocenters. The number of rotatable bonds is 10. The van der Waals surface area contributed by atoms with Gasteiger partial charge in [0.2, 0.25) is 0 Å². The molecule has 1 heterocycles. The van der Waals surface area contributed by atoms with Crippen LogP contribution in [0.1, 0.15) is 48.0 Å². The second kappa shape index (κ2) is 11.3. The van der Waals surface area contributed by atoms with Gasteiger partial charge in [-0.15, -0.1) is 0 Å². The molecule has 11 heteroatoms. The van der Waals surface area contributed by atoms with Gasteiger partial charge in [-0.2, -0.15) is 0 Å². The predicted molar refractivity (Wildman–Crippen MR) is 130 cm³/mol. The highest BCUT2D eigenvalue weighted by Gasteiger charge is 2.51. The summed E-state index contributed by atoms with van der Waals surface area (Å²) in [5.74, 6) is 0. The Morgan fingerprint density at radius 3 is 2.03 bits per heavy atom. The first-order valence-corrected chi connectivity index (χ1v) is 17.2. The lowest BCUT2D eigenvalue weighted by Gasteiger charge is -2.48. The fourth-order valence-corrected chi connectivity index (χ4v) is 5.05. The lowest BCUT2D eigenvalue weighted by Crippen LogP contribution is -2.63. The minimum Gasteiger partial charge on any atom is -0.414 e. The fourth-order valence-electron chi connectivity index (χ4n) is 2.72. The summed E-state index contributed by atoms with van der Waals surface area (Å²) in [6, 6.07) is 0. The van der Waals surface area contributed by atoms with Crippen molar-refractivity contribution in [1.29, 1.82) is 0 Å². The molecule has 0 amide bonds. The van der Waals surface area contributed by atoms with Gasteiger partial charge in [0.1, 0.15) is 24.4 Å². The molecule has 0 spiro atoms. The van der Waals surface area contributed by atoms with Crippen molar-refractivity contribution in [3.63, 3.8) is 0 Å². The lowest BCUT2D eigenvalue weighted by atomic mass is 9.99. The van der Waals surface area contributed by atoms with Crippen LogP contribution in [0.15, 0.2) is 5.11 Å². The van der Waals surface area contributed by atoms with Gasteiger partial charge in [-0.05, 0) is 48.2 Å². The number of aliphatic hydroxyl groups is 2. The highest BCUT2D eigenvalue weighted by atomic mass is 28.4. The zero-order valence-corrected chi connectivity index (χ0v) is 23.6. The minimum absolute atomic E-state index is 0.0142. The standard InChI is InChI=1S/C21H45N3O6Si2/c1-20(2,3)31(7,8)28-14-15-16(25)18(30-32(9,10)21(4,5)6)17(26)19(29-15)27-13-11-12-23-24-22/h15-19,25-26H,11-14H2,1-10H3/t15-,16-,17+,18+,19+/m1/s1. The van der Waals surface area contributed by atoms with Crippen LogP contribution in [0, 0.1) is 0 Å². The topological polar surface area (TPSA) is 126 Å². The van der Waals surface area contributed by atoms with E-state index in [4.69, 9.17) is 23.9 Å². The Morgan fingerprint density at radius 1 is 0.969 bits per heavy atom. The second-order valence-electron chi connectivity index (χ2n) is 11.6. The van der Waals surface area contributed by atoms with Crippen LogP contribution in [0.25, 0.3) is 10.4 Å². The van der Waals surface area contributed by atoms with Crippen molar-refractivity contribution in [1.82, 2.24) is 0 Å². The van der Waals surface area contributed by atoms with Crippen LogP contribution in [0.2, 0.25) is 36.3 Å². The van der Waals surface area contributed by atoms with Gasteiger partial charge in [-0.1, -0.05) is 46.7 Å². The molecular weight excluding hydrogens is 446 g/mol. The average molecular weight is 492 g/mol. The van der Waals surface area contributed by atoms with Crippen molar-refractivity contribution in [3.8, 4) is 0 Å². The van der Waals surface area contributed by atoms with E-state index in [1.807, 2.05) is 0 Å². The Balaban J connectivity index is 3.04. The molecule has 1 aliphatic heterocycles. The molecule has 1 rings (SSSR count). The number of aliphatic hydroxyl groups excluding tert-OH is 2. The molecule has 0 unspecified atom stereocenters. The molecule has 0 bridgehead atoms. The SMILES string of the molecule is CC(C)(C)[Si](C)(C)OC[C@H]1O[C@H](OCCCN=[N+]=[N-])[C@@H](O)[C@@H](O[Si](C)(C)C(C)(C)C)[C@@H]1O. The maximum absolute atomic E-state index is 11.1. The molecule has 1 aliphatic rings. The van der Waals surface area contributed by atoms with Gasteiger partial charge >= 0.3 is 0 Å². The smallest absolute Gasteiger partial charge is 0.192 e. The summed E-state index contributed by atoms with van der Waals surface area (Å²) >= 11 is 0. The van der Waals surface area contributed by atoms with E-state index in [9.17, 15) is 10.2 Å². The number of ether oxygens (including phenoxy) is 2. The molecule has 0 aromatic carbocycles. The first-order chi connectivity index (χ1) is 14.4. The highest BCUT2D eigenvalue weighted by Crippen LogP contribution is 2.40. The van der Waals surface area contributed by atoms with Gasteiger partial charge in [0.05, 0.1) is 6.61 Å². The van der Waals surface area contributed by atoms with E-state index in [2.05, 4.69) is 77.8 Å². The number of azide groups is 1. The molecule has 1 saturated heterocycles. The molecular formula is C21H45N3O6Si2. The first kappa shape index (κ1) is 29.5. The zero-order valence-electron chi connectivity index (χ0n) is 21.6. The van der Waals surface area contributed by atoms with E-state index in [0.717, 1.165) is 0 Å². The van der Waals surface area contributed by atoms with Gasteiger partial charge in [-0.25, -0.2) is 0 Å². The van der Waals surface area contributed by atoms with Crippen LogP contribution in [-0.2, 0) is 18.3 Å². The predicted octanol–water partition coefficient (Wildman–Crippen LogP) is 4.56. The van der Waals surface area contributed by atoms with Crippen molar-refractivity contribution in [3.05, 3.63) is 10.4 Å². The van der Waals surface area contributed by atoms with Gasteiger partial charge in [-0.3, -0.25) is 0 Å². The maximum atomic E-state index is 11.1. The van der Waals surface area contributed by atoms with Gasteiger partial charge in [0.15, 0.2) is 22.9 Å². The summed E-state index contributed by atoms with van der Waals surface area (Å²) in [7, 11) is -4.36. The molecule has 0 saturated carbocycles. The van der Waals surface area contributed by atoms with Gasteiger partial charge in [0, 0.05) is 18.1 Å². The zero-order chi connectivity index (χ0) is 25.0. The van der Waals surface area contributed by atoms with Crippen LogP contribution in [0.3, 0.4) is 0 Å². The third-order valence-electron chi connectivity index (χ3n) is 7.04. The second-order valence-corrected chi connectivity index (χ2v) is 21.2. The van der Waals surface area contributed by atoms with Crippen molar-refractivity contribution >= 4 is 16.6 Å². The van der Waals surface area contributed by atoms with E-state index in [1.54, 1.807) is 0 Å². The number of hydrogen-bond acceptors (Lipinski definition) is 7. The van der Waals surface area contributed by atoms with Crippen molar-refractivity contribution in [2.24, 2.45) is 5.11 Å². The van der Waals surface area contributed by atoms with E-state index >= 15 is 0 Å². The third-order valence-corrected chi connectivity index (χ3v) is 16.0. The summed E-state index contributed by atoms with van der Waals surface area (Å²) in [4.78, 5) is 2.73. The summed E-state index contributed by atoms with van der Waals surface area (Å²) in [6.45, 7) is 22.0. The van der Waals surface area contributed by atoms with Crippen molar-refractivity contribution in [2.45, 2.75) is 115 Å². The molecule has 0 aliphatic carbocycles. The third kappa shape index (κ3) is 7.78. The Labute approximate surface area is 195 Å². The van der Waals surface area contributed by atoms with E-state index in [0.29, 0.717) is 13.0 Å². The Hall–Kier alpha value is -0.496. The molecule has 0 aromatic rings. The molecule has 1 fully saturated rings. The normalized spacial score (nSPS) is 27.8. The van der Waals surface area contributed by atoms with Crippen LogP contribution in [0.5, 0.6) is 0 Å². The molecule has 0 radical (unpaired) electrons. The van der Waals surface area contributed by atoms with Crippen LogP contribution in [-0.4, -0.2) is 77.3 Å². The highest BCUT2D eigenvalue weighted by molar-refractivity contribution is 6.74. The van der Waals surface area contributed by atoms with Crippen LogP contribution in [0.4, 0.5) is 0 Å². The van der Waals surface area contributed by atoms with E-state index in [1.165, 1.54) is 0 Å². The lowest BCUT2D eigenvalue weighted by molar-refractivity contribution is -0.297. The van der Waals surface area contributed by atoms with E-state index in [-0.39, 0.29) is 23.3 Å². The Bertz CT molecular complexity index is 644. The number of hydrogen-bond donors (Lipinski definition) is 2.